The second kappa shape index (κ2) is 9.61. The van der Waals surface area contributed by atoms with Crippen molar-refractivity contribution in [2.24, 2.45) is 7.05 Å². The predicted octanol–water partition coefficient (Wildman–Crippen LogP) is 2.19. The summed E-state index contributed by atoms with van der Waals surface area (Å²) in [5, 5.41) is 12.3. The number of carbonyl (C=O) groups excluding carboxylic acids is 2. The van der Waals surface area contributed by atoms with E-state index < -0.39 is 0 Å². The van der Waals surface area contributed by atoms with Crippen LogP contribution in [0, 0.1) is 0 Å². The molecule has 8 nitrogen and oxygen atoms in total. The summed E-state index contributed by atoms with van der Waals surface area (Å²) in [6.45, 7) is 2.03. The number of carbonyl (C=O) groups is 2. The summed E-state index contributed by atoms with van der Waals surface area (Å²) in [7, 11) is 1.95. The fraction of sp³-hybridized carbons (Fsp3) is 0.524. The van der Waals surface area contributed by atoms with Crippen LogP contribution in [0.1, 0.15) is 41.9 Å². The second-order valence-electron chi connectivity index (χ2n) is 7.61. The fourth-order valence-electron chi connectivity index (χ4n) is 3.76. The van der Waals surface area contributed by atoms with Gasteiger partial charge in [-0.2, -0.15) is 0 Å². The number of aromatic nitrogens is 3. The Hall–Kier alpha value is -2.39. The molecule has 1 N–H and O–H groups in total. The van der Waals surface area contributed by atoms with E-state index in [0.29, 0.717) is 37.6 Å². The highest BCUT2D eigenvalue weighted by Crippen LogP contribution is 2.23. The van der Waals surface area contributed by atoms with Crippen LogP contribution in [0.4, 0.5) is 5.69 Å². The van der Waals surface area contributed by atoms with Crippen LogP contribution >= 0.6 is 11.8 Å². The van der Waals surface area contributed by atoms with E-state index in [0.717, 1.165) is 48.3 Å². The number of hydrogen-bond donors (Lipinski definition) is 1. The molecule has 2 fully saturated rings. The highest BCUT2D eigenvalue weighted by molar-refractivity contribution is 7.99. The molecule has 2 amide bonds. The van der Waals surface area contributed by atoms with Crippen LogP contribution < -0.4 is 10.2 Å². The maximum absolute atomic E-state index is 12.5. The highest BCUT2D eigenvalue weighted by atomic mass is 32.2. The van der Waals surface area contributed by atoms with Gasteiger partial charge in [0.1, 0.15) is 5.82 Å². The Kier molecular flexibility index (Phi) is 6.69. The molecule has 0 aliphatic carbocycles. The molecule has 2 aromatic rings. The Balaban J connectivity index is 1.28. The van der Waals surface area contributed by atoms with Crippen LogP contribution in [0.5, 0.6) is 0 Å². The highest BCUT2D eigenvalue weighted by Gasteiger charge is 2.22. The van der Waals surface area contributed by atoms with Crippen molar-refractivity contribution >= 4 is 29.3 Å². The van der Waals surface area contributed by atoms with E-state index in [2.05, 4.69) is 15.5 Å². The molecule has 0 bridgehead atoms. The largest absolute Gasteiger partial charge is 0.377 e. The lowest BCUT2D eigenvalue weighted by molar-refractivity contribution is -0.117. The lowest BCUT2D eigenvalue weighted by Crippen LogP contribution is -2.27. The molecule has 2 aliphatic rings. The summed E-state index contributed by atoms with van der Waals surface area (Å²) < 4.78 is 7.63. The number of hydrogen-bond acceptors (Lipinski definition) is 6. The second-order valence-corrected chi connectivity index (χ2v) is 8.60. The Morgan fingerprint density at radius 2 is 2.23 bits per heavy atom. The molecule has 9 heteroatoms. The third-order valence-corrected chi connectivity index (χ3v) is 6.63. The normalized spacial score (nSPS) is 18.9. The first-order valence-electron chi connectivity index (χ1n) is 10.4. The van der Waals surface area contributed by atoms with E-state index >= 15 is 0 Å². The molecule has 30 heavy (non-hydrogen) atoms. The number of anilines is 1. The number of amides is 2. The lowest BCUT2D eigenvalue weighted by Gasteiger charge is -2.16. The molecule has 4 rings (SSSR count). The van der Waals surface area contributed by atoms with Gasteiger partial charge in [0.25, 0.3) is 5.91 Å². The molecule has 0 saturated carbocycles. The first kappa shape index (κ1) is 20.9. The van der Waals surface area contributed by atoms with Crippen LogP contribution in [0.3, 0.4) is 0 Å². The minimum Gasteiger partial charge on any atom is -0.377 e. The van der Waals surface area contributed by atoms with Crippen molar-refractivity contribution in [1.82, 2.24) is 20.1 Å². The van der Waals surface area contributed by atoms with Gasteiger partial charge in [0, 0.05) is 56.6 Å². The molecule has 0 radical (unpaired) electrons. The topological polar surface area (TPSA) is 89.4 Å². The summed E-state index contributed by atoms with van der Waals surface area (Å²) >= 11 is 1.66. The molecule has 1 aromatic heterocycles. The Morgan fingerprint density at radius 3 is 3.00 bits per heavy atom. The first-order chi connectivity index (χ1) is 14.6. The first-order valence-corrected chi connectivity index (χ1v) is 11.4. The van der Waals surface area contributed by atoms with Crippen LogP contribution in [0.15, 0.2) is 29.4 Å². The van der Waals surface area contributed by atoms with Crippen molar-refractivity contribution in [2.45, 2.75) is 43.4 Å². The molecule has 0 spiro atoms. The van der Waals surface area contributed by atoms with E-state index in [1.807, 2.05) is 23.7 Å². The van der Waals surface area contributed by atoms with Gasteiger partial charge in [-0.3, -0.25) is 9.59 Å². The molecule has 0 unspecified atom stereocenters. The van der Waals surface area contributed by atoms with Gasteiger partial charge in [0.05, 0.1) is 6.10 Å². The van der Waals surface area contributed by atoms with E-state index in [9.17, 15) is 9.59 Å². The maximum Gasteiger partial charge on any atom is 0.251 e. The summed E-state index contributed by atoms with van der Waals surface area (Å²) in [5.41, 5.74) is 1.34. The van der Waals surface area contributed by atoms with Gasteiger partial charge in [0.15, 0.2) is 5.16 Å². The van der Waals surface area contributed by atoms with Gasteiger partial charge in [-0.25, -0.2) is 0 Å². The molecular formula is C21H27N5O3S. The molecule has 1 aromatic carbocycles. The van der Waals surface area contributed by atoms with Crippen molar-refractivity contribution in [3.63, 3.8) is 0 Å². The minimum absolute atomic E-state index is 0.114. The van der Waals surface area contributed by atoms with Crippen LogP contribution in [-0.2, 0) is 23.0 Å². The van der Waals surface area contributed by atoms with Crippen molar-refractivity contribution in [2.75, 3.05) is 30.3 Å². The SMILES string of the molecule is Cn1c(CCNC(=O)c2cccc(N3CCCC3=O)c2)nnc1SC[C@@H]1CCCO1. The molecule has 160 valence electrons. The molecule has 3 heterocycles. The number of nitrogens with zero attached hydrogens (tertiary/aromatic N) is 4. The number of benzene rings is 1. The zero-order valence-corrected chi connectivity index (χ0v) is 18.0. The van der Waals surface area contributed by atoms with Crippen LogP contribution in [-0.4, -0.2) is 58.1 Å². The fourth-order valence-corrected chi connectivity index (χ4v) is 4.75. The number of ether oxygens (including phenoxy) is 1. The molecule has 2 aliphatic heterocycles. The monoisotopic (exact) mass is 429 g/mol. The smallest absolute Gasteiger partial charge is 0.251 e. The summed E-state index contributed by atoms with van der Waals surface area (Å²) in [6, 6.07) is 7.23. The van der Waals surface area contributed by atoms with Crippen molar-refractivity contribution in [3.8, 4) is 0 Å². The van der Waals surface area contributed by atoms with Crippen molar-refractivity contribution in [3.05, 3.63) is 35.7 Å². The van der Waals surface area contributed by atoms with Gasteiger partial charge < -0.3 is 19.5 Å². The van der Waals surface area contributed by atoms with Gasteiger partial charge in [0.2, 0.25) is 5.91 Å². The Bertz CT molecular complexity index is 910. The molecule has 1 atom stereocenters. The Labute approximate surface area is 180 Å². The summed E-state index contributed by atoms with van der Waals surface area (Å²) in [5.74, 6) is 1.68. The average Bonchev–Trinajstić information content (AvgIpc) is 3.49. The third kappa shape index (κ3) is 4.84. The molecule has 2 saturated heterocycles. The summed E-state index contributed by atoms with van der Waals surface area (Å²) in [4.78, 5) is 26.2. The van der Waals surface area contributed by atoms with E-state index in [-0.39, 0.29) is 11.8 Å². The van der Waals surface area contributed by atoms with Gasteiger partial charge in [-0.15, -0.1) is 10.2 Å². The summed E-state index contributed by atoms with van der Waals surface area (Å²) in [6.07, 6.45) is 4.58. The van der Waals surface area contributed by atoms with E-state index in [4.69, 9.17) is 4.74 Å². The molecular weight excluding hydrogens is 402 g/mol. The van der Waals surface area contributed by atoms with Crippen molar-refractivity contribution in [1.29, 1.82) is 0 Å². The standard InChI is InChI=1S/C21H27N5O3S/c1-25-18(23-24-21(25)30-14-17-7-4-12-29-17)9-10-22-20(28)15-5-2-6-16(13-15)26-11-3-8-19(26)27/h2,5-6,13,17H,3-4,7-12,14H2,1H3,(H,22,28)/t17-/m0/s1. The zero-order chi connectivity index (χ0) is 20.9. The maximum atomic E-state index is 12.5. The van der Waals surface area contributed by atoms with Gasteiger partial charge in [-0.05, 0) is 37.5 Å². The Morgan fingerprint density at radius 1 is 1.33 bits per heavy atom. The van der Waals surface area contributed by atoms with Crippen molar-refractivity contribution < 1.29 is 14.3 Å². The number of rotatable bonds is 8. The number of nitrogens with one attached hydrogen (secondary N) is 1. The quantitative estimate of drug-likeness (QED) is 0.647. The van der Waals surface area contributed by atoms with Crippen LogP contribution in [0.25, 0.3) is 0 Å². The third-order valence-electron chi connectivity index (χ3n) is 5.47. The minimum atomic E-state index is -0.154. The van der Waals surface area contributed by atoms with Gasteiger partial charge in [-0.1, -0.05) is 17.8 Å². The van der Waals surface area contributed by atoms with Crippen LogP contribution in [0.2, 0.25) is 0 Å². The predicted molar refractivity (Wildman–Crippen MR) is 115 cm³/mol. The van der Waals surface area contributed by atoms with E-state index in [1.165, 1.54) is 0 Å². The average molecular weight is 430 g/mol. The zero-order valence-electron chi connectivity index (χ0n) is 17.2. The number of thioether (sulfide) groups is 1. The van der Waals surface area contributed by atoms with Gasteiger partial charge >= 0.3 is 0 Å². The lowest BCUT2D eigenvalue weighted by atomic mass is 10.1. The van der Waals surface area contributed by atoms with E-state index in [1.54, 1.807) is 28.8 Å².